The third-order valence-corrected chi connectivity index (χ3v) is 3.95. The second-order valence-electron chi connectivity index (χ2n) is 5.88. The molecule has 2 aromatic heterocycles. The first kappa shape index (κ1) is 17.5. The van der Waals surface area contributed by atoms with Crippen LogP contribution in [0.15, 0.2) is 71.8 Å². The predicted molar refractivity (Wildman–Crippen MR) is 99.3 cm³/mol. The van der Waals surface area contributed by atoms with Gasteiger partial charge in [-0.3, -0.25) is 14.6 Å². The van der Waals surface area contributed by atoms with Crippen molar-refractivity contribution in [2.45, 2.75) is 25.9 Å². The molecule has 6 heteroatoms. The standard InChI is InChI=1S/C20H20N4O2/c25-19(22-15-16-10-12-21-13-11-16)7-4-14-24-20(26)9-8-18(23-24)17-5-2-1-3-6-17/h1-3,5-6,8-13H,4,7,14-15H2,(H,22,25). The maximum atomic E-state index is 12.0. The Labute approximate surface area is 151 Å². The third-order valence-electron chi connectivity index (χ3n) is 3.95. The molecule has 0 atom stereocenters. The lowest BCUT2D eigenvalue weighted by Gasteiger charge is -2.08. The molecule has 0 saturated carbocycles. The summed E-state index contributed by atoms with van der Waals surface area (Å²) in [5, 5.41) is 7.26. The SMILES string of the molecule is O=C(CCCn1nc(-c2ccccc2)ccc1=O)NCc1ccncc1. The fourth-order valence-electron chi connectivity index (χ4n) is 2.55. The minimum Gasteiger partial charge on any atom is -0.352 e. The Morgan fingerprint density at radius 1 is 1.00 bits per heavy atom. The number of aromatic nitrogens is 3. The average molecular weight is 348 g/mol. The van der Waals surface area contributed by atoms with Crippen molar-refractivity contribution in [1.29, 1.82) is 0 Å². The van der Waals surface area contributed by atoms with Crippen LogP contribution in [0.2, 0.25) is 0 Å². The van der Waals surface area contributed by atoms with Gasteiger partial charge in [-0.15, -0.1) is 0 Å². The number of nitrogens with one attached hydrogen (secondary N) is 1. The van der Waals surface area contributed by atoms with Gasteiger partial charge in [-0.25, -0.2) is 4.68 Å². The lowest BCUT2D eigenvalue weighted by Crippen LogP contribution is -2.25. The molecule has 1 amide bonds. The molecule has 0 aliphatic rings. The molecular weight excluding hydrogens is 328 g/mol. The lowest BCUT2D eigenvalue weighted by atomic mass is 10.1. The monoisotopic (exact) mass is 348 g/mol. The van der Waals surface area contributed by atoms with E-state index in [4.69, 9.17) is 0 Å². The average Bonchev–Trinajstić information content (AvgIpc) is 2.69. The van der Waals surface area contributed by atoms with Crippen LogP contribution in [-0.4, -0.2) is 20.7 Å². The molecule has 1 aromatic carbocycles. The molecule has 0 aliphatic carbocycles. The number of carbonyl (C=O) groups excluding carboxylic acids is 1. The summed E-state index contributed by atoms with van der Waals surface area (Å²) in [6, 6.07) is 16.6. The molecule has 1 N–H and O–H groups in total. The molecule has 3 aromatic rings. The summed E-state index contributed by atoms with van der Waals surface area (Å²) in [7, 11) is 0. The smallest absolute Gasteiger partial charge is 0.266 e. The van der Waals surface area contributed by atoms with Crippen LogP contribution in [0, 0.1) is 0 Å². The van der Waals surface area contributed by atoms with Crippen molar-refractivity contribution in [2.75, 3.05) is 0 Å². The second kappa shape index (κ2) is 8.71. The molecule has 0 unspecified atom stereocenters. The summed E-state index contributed by atoms with van der Waals surface area (Å²) in [5.41, 5.74) is 2.53. The molecule has 0 aliphatic heterocycles. The van der Waals surface area contributed by atoms with Gasteiger partial charge in [-0.05, 0) is 30.2 Å². The van der Waals surface area contributed by atoms with Crippen molar-refractivity contribution in [3.8, 4) is 11.3 Å². The number of amides is 1. The predicted octanol–water partition coefficient (Wildman–Crippen LogP) is 2.40. The number of rotatable bonds is 7. The molecule has 2 heterocycles. The minimum absolute atomic E-state index is 0.0472. The molecule has 0 fully saturated rings. The van der Waals surface area contributed by atoms with Gasteiger partial charge in [0.2, 0.25) is 5.91 Å². The fourth-order valence-corrected chi connectivity index (χ4v) is 2.55. The number of hydrogen-bond acceptors (Lipinski definition) is 4. The Morgan fingerprint density at radius 3 is 2.54 bits per heavy atom. The summed E-state index contributed by atoms with van der Waals surface area (Å²) in [4.78, 5) is 27.9. The molecule has 0 bridgehead atoms. The van der Waals surface area contributed by atoms with Crippen LogP contribution in [-0.2, 0) is 17.9 Å². The van der Waals surface area contributed by atoms with Crippen molar-refractivity contribution in [3.05, 3.63) is 82.9 Å². The molecule has 6 nitrogen and oxygen atoms in total. The van der Waals surface area contributed by atoms with E-state index in [0.29, 0.717) is 25.9 Å². The summed E-state index contributed by atoms with van der Waals surface area (Å²) < 4.78 is 1.42. The quantitative estimate of drug-likeness (QED) is 0.711. The molecular formula is C20H20N4O2. The number of pyridine rings is 1. The summed E-state index contributed by atoms with van der Waals surface area (Å²) >= 11 is 0. The molecule has 0 saturated heterocycles. The highest BCUT2D eigenvalue weighted by Gasteiger charge is 2.05. The van der Waals surface area contributed by atoms with Crippen molar-refractivity contribution in [1.82, 2.24) is 20.1 Å². The van der Waals surface area contributed by atoms with E-state index < -0.39 is 0 Å². The fraction of sp³-hybridized carbons (Fsp3) is 0.200. The first-order valence-corrected chi connectivity index (χ1v) is 8.51. The van der Waals surface area contributed by atoms with Gasteiger partial charge in [0, 0.05) is 43.5 Å². The highest BCUT2D eigenvalue weighted by molar-refractivity contribution is 5.75. The van der Waals surface area contributed by atoms with E-state index in [0.717, 1.165) is 16.8 Å². The van der Waals surface area contributed by atoms with Crippen LogP contribution in [0.25, 0.3) is 11.3 Å². The topological polar surface area (TPSA) is 76.9 Å². The van der Waals surface area contributed by atoms with Crippen LogP contribution in [0.5, 0.6) is 0 Å². The summed E-state index contributed by atoms with van der Waals surface area (Å²) in [6.07, 6.45) is 4.28. The van der Waals surface area contributed by atoms with Crippen molar-refractivity contribution >= 4 is 5.91 Å². The maximum Gasteiger partial charge on any atom is 0.266 e. The largest absolute Gasteiger partial charge is 0.352 e. The van der Waals surface area contributed by atoms with E-state index in [1.165, 1.54) is 10.7 Å². The van der Waals surface area contributed by atoms with E-state index in [9.17, 15) is 9.59 Å². The van der Waals surface area contributed by atoms with Crippen LogP contribution in [0.1, 0.15) is 18.4 Å². The Kier molecular flexibility index (Phi) is 5.88. The number of aryl methyl sites for hydroxylation is 1. The zero-order valence-corrected chi connectivity index (χ0v) is 14.3. The Hall–Kier alpha value is -3.28. The van der Waals surface area contributed by atoms with Crippen LogP contribution >= 0.6 is 0 Å². The second-order valence-corrected chi connectivity index (χ2v) is 5.88. The van der Waals surface area contributed by atoms with Gasteiger partial charge in [-0.2, -0.15) is 5.10 Å². The lowest BCUT2D eigenvalue weighted by molar-refractivity contribution is -0.121. The van der Waals surface area contributed by atoms with E-state index in [2.05, 4.69) is 15.4 Å². The van der Waals surface area contributed by atoms with Crippen molar-refractivity contribution < 1.29 is 4.79 Å². The van der Waals surface area contributed by atoms with Gasteiger partial charge < -0.3 is 5.32 Å². The van der Waals surface area contributed by atoms with Crippen molar-refractivity contribution in [3.63, 3.8) is 0 Å². The van der Waals surface area contributed by atoms with Gasteiger partial charge in [0.15, 0.2) is 0 Å². The van der Waals surface area contributed by atoms with Gasteiger partial charge >= 0.3 is 0 Å². The molecule has 26 heavy (non-hydrogen) atoms. The minimum atomic E-state index is -0.165. The van der Waals surface area contributed by atoms with E-state index in [1.54, 1.807) is 18.5 Å². The zero-order valence-electron chi connectivity index (χ0n) is 14.3. The van der Waals surface area contributed by atoms with E-state index in [-0.39, 0.29) is 11.5 Å². The summed E-state index contributed by atoms with van der Waals surface area (Å²) in [6.45, 7) is 0.880. The number of benzene rings is 1. The molecule has 132 valence electrons. The van der Waals surface area contributed by atoms with Crippen LogP contribution < -0.4 is 10.9 Å². The normalized spacial score (nSPS) is 10.5. The number of hydrogen-bond donors (Lipinski definition) is 1. The zero-order chi connectivity index (χ0) is 18.2. The van der Waals surface area contributed by atoms with Crippen LogP contribution in [0.4, 0.5) is 0 Å². The Balaban J connectivity index is 1.53. The molecule has 0 spiro atoms. The first-order chi connectivity index (χ1) is 12.7. The van der Waals surface area contributed by atoms with Gasteiger partial charge in [0.1, 0.15) is 0 Å². The Morgan fingerprint density at radius 2 is 1.77 bits per heavy atom. The van der Waals surface area contributed by atoms with Gasteiger partial charge in [0.05, 0.1) is 5.69 Å². The van der Waals surface area contributed by atoms with Crippen LogP contribution in [0.3, 0.4) is 0 Å². The molecule has 3 rings (SSSR count). The first-order valence-electron chi connectivity index (χ1n) is 8.51. The molecule has 0 radical (unpaired) electrons. The Bertz CT molecular complexity index is 908. The third kappa shape index (κ3) is 4.86. The highest BCUT2D eigenvalue weighted by Crippen LogP contribution is 2.14. The van der Waals surface area contributed by atoms with Gasteiger partial charge in [0.25, 0.3) is 5.56 Å². The van der Waals surface area contributed by atoms with E-state index in [1.807, 2.05) is 42.5 Å². The highest BCUT2D eigenvalue weighted by atomic mass is 16.1. The number of carbonyl (C=O) groups is 1. The van der Waals surface area contributed by atoms with Gasteiger partial charge in [-0.1, -0.05) is 30.3 Å². The van der Waals surface area contributed by atoms with E-state index >= 15 is 0 Å². The maximum absolute atomic E-state index is 12.0. The number of nitrogens with zero attached hydrogens (tertiary/aromatic N) is 3. The van der Waals surface area contributed by atoms with Crippen molar-refractivity contribution in [2.24, 2.45) is 0 Å². The summed E-state index contributed by atoms with van der Waals surface area (Å²) in [5.74, 6) is -0.0472.